The topological polar surface area (TPSA) is 32.8 Å². The summed E-state index contributed by atoms with van der Waals surface area (Å²) in [5, 5.41) is 0. The van der Waals surface area contributed by atoms with E-state index in [-0.39, 0.29) is 17.9 Å². The maximum atomic E-state index is 12.5. The molecule has 0 aromatic heterocycles. The first kappa shape index (κ1) is 17.1. The first-order valence-electron chi connectivity index (χ1n) is 9.26. The Morgan fingerprint density at radius 1 is 1.00 bits per heavy atom. The van der Waals surface area contributed by atoms with Gasteiger partial charge in [-0.2, -0.15) is 0 Å². The Labute approximate surface area is 155 Å². The molecule has 0 atom stereocenters. The average molecular weight is 350 g/mol. The Kier molecular flexibility index (Phi) is 4.45. The van der Waals surface area contributed by atoms with Crippen LogP contribution in [-0.2, 0) is 16.1 Å². The maximum Gasteiger partial charge on any atom is 0.248 e. The van der Waals surface area contributed by atoms with Crippen LogP contribution in [0.25, 0.3) is 0 Å². The van der Waals surface area contributed by atoms with Crippen LogP contribution in [0.2, 0.25) is 0 Å². The molecule has 136 valence electrons. The standard InChI is InChI=1S/C22H26N2O2/c1-17-8-9-19(10-18(17)2)11-23-13-22(16-26-12-21(23)25)14-24(15-22)20-6-4-3-5-7-20/h3-10H,11-16H2,1-2H3. The zero-order chi connectivity index (χ0) is 18.1. The summed E-state index contributed by atoms with van der Waals surface area (Å²) in [4.78, 5) is 16.9. The van der Waals surface area contributed by atoms with Crippen molar-refractivity contribution in [3.05, 3.63) is 65.2 Å². The molecule has 2 aromatic rings. The SMILES string of the molecule is Cc1ccc(CN2CC3(COCC2=O)CN(c2ccccc2)C3)cc1C. The Bertz CT molecular complexity index is 797. The van der Waals surface area contributed by atoms with E-state index in [1.165, 1.54) is 22.4 Å². The number of rotatable bonds is 3. The number of aryl methyl sites for hydroxylation is 2. The number of hydrogen-bond donors (Lipinski definition) is 0. The van der Waals surface area contributed by atoms with E-state index in [0.717, 1.165) is 19.6 Å². The smallest absolute Gasteiger partial charge is 0.248 e. The van der Waals surface area contributed by atoms with Crippen molar-refractivity contribution in [3.8, 4) is 0 Å². The largest absolute Gasteiger partial charge is 0.371 e. The first-order valence-corrected chi connectivity index (χ1v) is 9.26. The number of carbonyl (C=O) groups is 1. The van der Waals surface area contributed by atoms with Gasteiger partial charge in [0.25, 0.3) is 0 Å². The van der Waals surface area contributed by atoms with Gasteiger partial charge in [-0.3, -0.25) is 4.79 Å². The summed E-state index contributed by atoms with van der Waals surface area (Å²) in [6, 6.07) is 16.9. The minimum Gasteiger partial charge on any atom is -0.371 e. The molecule has 4 heteroatoms. The molecule has 4 rings (SSSR count). The van der Waals surface area contributed by atoms with Crippen LogP contribution in [0.4, 0.5) is 5.69 Å². The predicted octanol–water partition coefficient (Wildman–Crippen LogP) is 3.17. The fraction of sp³-hybridized carbons (Fsp3) is 0.409. The van der Waals surface area contributed by atoms with Crippen LogP contribution in [0.15, 0.2) is 48.5 Å². The van der Waals surface area contributed by atoms with Crippen molar-refractivity contribution in [1.82, 2.24) is 4.90 Å². The fourth-order valence-electron chi connectivity index (χ4n) is 4.03. The van der Waals surface area contributed by atoms with Crippen LogP contribution in [0.5, 0.6) is 0 Å². The summed E-state index contributed by atoms with van der Waals surface area (Å²) in [5.41, 5.74) is 5.04. The summed E-state index contributed by atoms with van der Waals surface area (Å²) in [6.45, 7) is 8.40. The molecular weight excluding hydrogens is 324 g/mol. The summed E-state index contributed by atoms with van der Waals surface area (Å²) < 4.78 is 5.74. The number of hydrogen-bond acceptors (Lipinski definition) is 3. The Hall–Kier alpha value is -2.33. The maximum absolute atomic E-state index is 12.5. The van der Waals surface area contributed by atoms with Crippen LogP contribution in [-0.4, -0.2) is 43.7 Å². The number of anilines is 1. The molecule has 0 saturated carbocycles. The highest BCUT2D eigenvalue weighted by Gasteiger charge is 2.46. The average Bonchev–Trinajstić information content (AvgIpc) is 2.77. The molecule has 1 spiro atoms. The molecule has 26 heavy (non-hydrogen) atoms. The molecule has 2 aliphatic heterocycles. The third-order valence-electron chi connectivity index (χ3n) is 5.63. The first-order chi connectivity index (χ1) is 12.5. The van der Waals surface area contributed by atoms with E-state index in [2.05, 4.69) is 61.2 Å². The molecule has 2 heterocycles. The second-order valence-electron chi connectivity index (χ2n) is 7.85. The highest BCUT2D eigenvalue weighted by molar-refractivity contribution is 5.78. The second kappa shape index (κ2) is 6.76. The number of amides is 1. The number of benzene rings is 2. The molecule has 2 saturated heterocycles. The summed E-state index contributed by atoms with van der Waals surface area (Å²) >= 11 is 0. The van der Waals surface area contributed by atoms with Gasteiger partial charge in [-0.15, -0.1) is 0 Å². The van der Waals surface area contributed by atoms with E-state index in [9.17, 15) is 4.79 Å². The summed E-state index contributed by atoms with van der Waals surface area (Å²) in [6.07, 6.45) is 0. The molecule has 0 radical (unpaired) electrons. The van der Waals surface area contributed by atoms with Gasteiger partial charge in [-0.25, -0.2) is 0 Å². The summed E-state index contributed by atoms with van der Waals surface area (Å²) in [7, 11) is 0. The van der Waals surface area contributed by atoms with Crippen LogP contribution < -0.4 is 4.90 Å². The molecule has 2 fully saturated rings. The van der Waals surface area contributed by atoms with E-state index in [0.29, 0.717) is 13.2 Å². The van der Waals surface area contributed by atoms with Crippen LogP contribution >= 0.6 is 0 Å². The van der Waals surface area contributed by atoms with E-state index >= 15 is 0 Å². The summed E-state index contributed by atoms with van der Waals surface area (Å²) in [5.74, 6) is 0.0956. The lowest BCUT2D eigenvalue weighted by Gasteiger charge is -2.51. The molecule has 0 N–H and O–H groups in total. The fourth-order valence-corrected chi connectivity index (χ4v) is 4.03. The highest BCUT2D eigenvalue weighted by atomic mass is 16.5. The van der Waals surface area contributed by atoms with Crippen molar-refractivity contribution >= 4 is 11.6 Å². The zero-order valence-corrected chi connectivity index (χ0v) is 15.6. The van der Waals surface area contributed by atoms with Crippen LogP contribution in [0.1, 0.15) is 16.7 Å². The third kappa shape index (κ3) is 3.34. The van der Waals surface area contributed by atoms with Gasteiger partial charge in [0.05, 0.1) is 6.61 Å². The second-order valence-corrected chi connectivity index (χ2v) is 7.85. The van der Waals surface area contributed by atoms with Crippen molar-refractivity contribution in [2.24, 2.45) is 5.41 Å². The van der Waals surface area contributed by atoms with Gasteiger partial charge >= 0.3 is 0 Å². The number of nitrogens with zero attached hydrogens (tertiary/aromatic N) is 2. The van der Waals surface area contributed by atoms with Crippen molar-refractivity contribution in [2.75, 3.05) is 37.7 Å². The minimum absolute atomic E-state index is 0.0434. The molecule has 4 nitrogen and oxygen atoms in total. The monoisotopic (exact) mass is 350 g/mol. The van der Waals surface area contributed by atoms with Crippen molar-refractivity contribution in [2.45, 2.75) is 20.4 Å². The van der Waals surface area contributed by atoms with E-state index in [1.54, 1.807) is 0 Å². The van der Waals surface area contributed by atoms with Gasteiger partial charge in [-0.1, -0.05) is 36.4 Å². The molecule has 0 aliphatic carbocycles. The van der Waals surface area contributed by atoms with Gasteiger partial charge in [-0.05, 0) is 42.7 Å². The molecule has 0 unspecified atom stereocenters. The number of carbonyl (C=O) groups excluding carboxylic acids is 1. The van der Waals surface area contributed by atoms with Crippen molar-refractivity contribution < 1.29 is 9.53 Å². The van der Waals surface area contributed by atoms with Crippen LogP contribution in [0.3, 0.4) is 0 Å². The van der Waals surface area contributed by atoms with Crippen molar-refractivity contribution in [3.63, 3.8) is 0 Å². The Morgan fingerprint density at radius 2 is 1.77 bits per heavy atom. The van der Waals surface area contributed by atoms with Gasteiger partial charge < -0.3 is 14.5 Å². The molecular formula is C22H26N2O2. The normalized spacial score (nSPS) is 19.4. The van der Waals surface area contributed by atoms with Crippen molar-refractivity contribution in [1.29, 1.82) is 0 Å². The molecule has 2 aromatic carbocycles. The number of para-hydroxylation sites is 1. The lowest BCUT2D eigenvalue weighted by Crippen LogP contribution is -2.62. The molecule has 0 bridgehead atoms. The van der Waals surface area contributed by atoms with Crippen LogP contribution in [0, 0.1) is 19.3 Å². The molecule has 2 aliphatic rings. The Morgan fingerprint density at radius 3 is 2.50 bits per heavy atom. The zero-order valence-electron chi connectivity index (χ0n) is 15.6. The number of ether oxygens (including phenoxy) is 1. The quantitative estimate of drug-likeness (QED) is 0.852. The van der Waals surface area contributed by atoms with Gasteiger partial charge in [0, 0.05) is 37.3 Å². The third-order valence-corrected chi connectivity index (χ3v) is 5.63. The lowest BCUT2D eigenvalue weighted by atomic mass is 9.79. The van der Waals surface area contributed by atoms with Gasteiger partial charge in [0.2, 0.25) is 5.91 Å². The predicted molar refractivity (Wildman–Crippen MR) is 103 cm³/mol. The van der Waals surface area contributed by atoms with E-state index in [1.807, 2.05) is 11.0 Å². The van der Waals surface area contributed by atoms with E-state index in [4.69, 9.17) is 4.74 Å². The Balaban J connectivity index is 1.47. The minimum atomic E-state index is 0.0434. The van der Waals surface area contributed by atoms with Gasteiger partial charge in [0.1, 0.15) is 6.61 Å². The highest BCUT2D eigenvalue weighted by Crippen LogP contribution is 2.37. The van der Waals surface area contributed by atoms with Gasteiger partial charge in [0.15, 0.2) is 0 Å². The molecule has 1 amide bonds. The lowest BCUT2D eigenvalue weighted by molar-refractivity contribution is -0.134. The van der Waals surface area contributed by atoms with E-state index < -0.39 is 0 Å².